The zero-order chi connectivity index (χ0) is 22.0. The largest absolute Gasteiger partial charge is 0.445 e. The topological polar surface area (TPSA) is 151 Å². The molecule has 1 aromatic carbocycles. The highest BCUT2D eigenvalue weighted by Crippen LogP contribution is 2.20. The Balaban J connectivity index is 1.22. The summed E-state index contributed by atoms with van der Waals surface area (Å²) < 4.78 is 10.5. The smallest absolute Gasteiger partial charge is 0.410 e. The van der Waals surface area contributed by atoms with Gasteiger partial charge in [0.15, 0.2) is 5.69 Å². The third kappa shape index (κ3) is 4.74. The average Bonchev–Trinajstić information content (AvgIpc) is 3.40. The summed E-state index contributed by atoms with van der Waals surface area (Å²) in [5.74, 6) is -0.401. The minimum Gasteiger partial charge on any atom is -0.445 e. The number of aromatic nitrogens is 1. The van der Waals surface area contributed by atoms with Crippen LogP contribution in [0.3, 0.4) is 0 Å². The molecule has 2 aromatic rings. The summed E-state index contributed by atoms with van der Waals surface area (Å²) in [7, 11) is 0. The summed E-state index contributed by atoms with van der Waals surface area (Å²) in [6.45, 7) is 1.56. The molecule has 0 radical (unpaired) electrons. The van der Waals surface area contributed by atoms with Crippen LogP contribution in [0.5, 0.6) is 0 Å². The number of hydrogen-bond acceptors (Lipinski definition) is 9. The van der Waals surface area contributed by atoms with E-state index in [1.54, 1.807) is 4.90 Å². The average molecular weight is 431 g/mol. The molecule has 3 heterocycles. The number of hydrogen-bond donors (Lipinski definition) is 2. The van der Waals surface area contributed by atoms with E-state index in [-0.39, 0.29) is 24.0 Å². The van der Waals surface area contributed by atoms with E-state index in [4.69, 9.17) is 9.15 Å². The number of nitrogens with zero attached hydrogens (tertiary/aromatic N) is 4. The maximum Gasteiger partial charge on any atom is 0.410 e. The van der Waals surface area contributed by atoms with E-state index in [2.05, 4.69) is 10.3 Å². The second kappa shape index (κ2) is 8.60. The van der Waals surface area contributed by atoms with Crippen LogP contribution in [-0.2, 0) is 11.3 Å². The number of amides is 2. The predicted octanol–water partition coefficient (Wildman–Crippen LogP) is 0.905. The fourth-order valence-corrected chi connectivity index (χ4v) is 3.38. The Bertz CT molecular complexity index is 970. The van der Waals surface area contributed by atoms with Crippen LogP contribution >= 0.6 is 0 Å². The molecule has 0 bridgehead atoms. The number of rotatable bonds is 6. The standard InChI is InChI=1S/C19H21N5O7/c25-15-8-23(9-15)18-21-16(11-30-18)17(26)20-13-5-6-22(7-13)19(27)31-10-12-1-3-14(4-2-12)24(28)29/h1-4,11,13,15,25H,5-10H2,(H,20,26)/t13-/m0/s1. The number of carbonyl (C=O) groups is 2. The van der Waals surface area contributed by atoms with Gasteiger partial charge < -0.3 is 29.4 Å². The van der Waals surface area contributed by atoms with Crippen molar-refractivity contribution in [1.29, 1.82) is 0 Å². The van der Waals surface area contributed by atoms with Crippen molar-refractivity contribution in [3.63, 3.8) is 0 Å². The molecule has 0 saturated carbocycles. The molecule has 1 aromatic heterocycles. The molecule has 0 aliphatic carbocycles. The monoisotopic (exact) mass is 431 g/mol. The number of aliphatic hydroxyl groups is 1. The highest BCUT2D eigenvalue weighted by molar-refractivity contribution is 5.92. The molecule has 2 aliphatic rings. The van der Waals surface area contributed by atoms with Crippen LogP contribution in [0.4, 0.5) is 16.5 Å². The summed E-state index contributed by atoms with van der Waals surface area (Å²) in [5.41, 5.74) is 0.741. The van der Waals surface area contributed by atoms with Crippen LogP contribution in [0.1, 0.15) is 22.5 Å². The van der Waals surface area contributed by atoms with Crippen molar-refractivity contribution in [2.45, 2.75) is 25.2 Å². The number of aliphatic hydroxyl groups excluding tert-OH is 1. The van der Waals surface area contributed by atoms with Gasteiger partial charge in [-0.05, 0) is 24.1 Å². The number of nitrogens with one attached hydrogen (secondary N) is 1. The quantitative estimate of drug-likeness (QED) is 0.502. The van der Waals surface area contributed by atoms with Gasteiger partial charge in [-0.1, -0.05) is 0 Å². The van der Waals surface area contributed by atoms with Gasteiger partial charge in [0.05, 0.1) is 24.1 Å². The molecule has 2 N–H and O–H groups in total. The molecule has 2 saturated heterocycles. The van der Waals surface area contributed by atoms with Gasteiger partial charge in [-0.3, -0.25) is 14.9 Å². The lowest BCUT2D eigenvalue weighted by Crippen LogP contribution is -2.51. The van der Waals surface area contributed by atoms with Gasteiger partial charge in [-0.2, -0.15) is 4.98 Å². The second-order valence-electron chi connectivity index (χ2n) is 7.46. The van der Waals surface area contributed by atoms with Gasteiger partial charge in [0.25, 0.3) is 17.6 Å². The maximum atomic E-state index is 12.4. The number of oxazole rings is 1. The van der Waals surface area contributed by atoms with Crippen molar-refractivity contribution in [3.8, 4) is 0 Å². The Morgan fingerprint density at radius 2 is 2.03 bits per heavy atom. The van der Waals surface area contributed by atoms with Gasteiger partial charge in [-0.15, -0.1) is 0 Å². The number of anilines is 1. The molecule has 164 valence electrons. The number of nitro groups is 1. The number of likely N-dealkylation sites (tertiary alicyclic amines) is 1. The third-order valence-corrected chi connectivity index (χ3v) is 5.15. The number of benzene rings is 1. The minimum atomic E-state index is -0.518. The third-order valence-electron chi connectivity index (χ3n) is 5.15. The fourth-order valence-electron chi connectivity index (χ4n) is 3.38. The number of non-ortho nitro benzene ring substituents is 1. The molecule has 12 nitrogen and oxygen atoms in total. The normalized spacial score (nSPS) is 18.5. The van der Waals surface area contributed by atoms with E-state index >= 15 is 0 Å². The SMILES string of the molecule is O=C(N[C@H]1CCN(C(=O)OCc2ccc([N+](=O)[O-])cc2)C1)c1coc(N2CC(O)C2)n1. The lowest BCUT2D eigenvalue weighted by atomic mass is 10.2. The molecule has 0 spiro atoms. The first-order chi connectivity index (χ1) is 14.9. The van der Waals surface area contributed by atoms with Crippen molar-refractivity contribution in [1.82, 2.24) is 15.2 Å². The number of nitro benzene ring substituents is 1. The second-order valence-corrected chi connectivity index (χ2v) is 7.46. The Hall–Kier alpha value is -3.67. The van der Waals surface area contributed by atoms with Crippen molar-refractivity contribution in [2.75, 3.05) is 31.1 Å². The van der Waals surface area contributed by atoms with Gasteiger partial charge in [0, 0.05) is 31.3 Å². The molecule has 2 fully saturated rings. The van der Waals surface area contributed by atoms with Crippen molar-refractivity contribution in [3.05, 3.63) is 51.9 Å². The van der Waals surface area contributed by atoms with E-state index < -0.39 is 23.0 Å². The van der Waals surface area contributed by atoms with Gasteiger partial charge in [0.2, 0.25) is 0 Å². The van der Waals surface area contributed by atoms with E-state index in [0.29, 0.717) is 44.2 Å². The lowest BCUT2D eigenvalue weighted by Gasteiger charge is -2.34. The van der Waals surface area contributed by atoms with Crippen LogP contribution in [-0.4, -0.2) is 70.2 Å². The Labute approximate surface area is 176 Å². The van der Waals surface area contributed by atoms with E-state index in [9.17, 15) is 24.8 Å². The predicted molar refractivity (Wildman–Crippen MR) is 105 cm³/mol. The Morgan fingerprint density at radius 3 is 2.71 bits per heavy atom. The summed E-state index contributed by atoms with van der Waals surface area (Å²) in [6.07, 6.45) is 0.908. The molecular formula is C19H21N5O7. The molecule has 0 unspecified atom stereocenters. The molecule has 2 amide bonds. The molecular weight excluding hydrogens is 410 g/mol. The first-order valence-corrected chi connectivity index (χ1v) is 9.73. The van der Waals surface area contributed by atoms with Crippen LogP contribution in [0, 0.1) is 10.1 Å². The van der Waals surface area contributed by atoms with Crippen molar-refractivity contribution in [2.24, 2.45) is 0 Å². The summed E-state index contributed by atoms with van der Waals surface area (Å²) in [4.78, 5) is 42.2. The Morgan fingerprint density at radius 1 is 1.29 bits per heavy atom. The summed E-state index contributed by atoms with van der Waals surface area (Å²) >= 11 is 0. The van der Waals surface area contributed by atoms with Crippen molar-refractivity contribution < 1.29 is 28.8 Å². The number of β-amino-alcohol motifs (C(OH)–C–C–N with tert-alkyl or cyclic N) is 1. The zero-order valence-electron chi connectivity index (χ0n) is 16.5. The highest BCUT2D eigenvalue weighted by Gasteiger charge is 2.31. The highest BCUT2D eigenvalue weighted by atomic mass is 16.6. The maximum absolute atomic E-state index is 12.4. The summed E-state index contributed by atoms with van der Waals surface area (Å²) in [5, 5.41) is 22.8. The van der Waals surface area contributed by atoms with Crippen LogP contribution < -0.4 is 10.2 Å². The number of carbonyl (C=O) groups excluding carboxylic acids is 2. The zero-order valence-corrected chi connectivity index (χ0v) is 16.5. The van der Waals surface area contributed by atoms with Crippen LogP contribution in [0.15, 0.2) is 34.9 Å². The first-order valence-electron chi connectivity index (χ1n) is 9.73. The number of ether oxygens (including phenoxy) is 1. The molecule has 31 heavy (non-hydrogen) atoms. The van der Waals surface area contributed by atoms with E-state index in [1.165, 1.54) is 35.4 Å². The van der Waals surface area contributed by atoms with Gasteiger partial charge in [0.1, 0.15) is 12.9 Å². The molecule has 4 rings (SSSR count). The molecule has 2 aliphatic heterocycles. The minimum absolute atomic E-state index is 0.00271. The van der Waals surface area contributed by atoms with Gasteiger partial charge >= 0.3 is 6.09 Å². The molecule has 1 atom stereocenters. The van der Waals surface area contributed by atoms with Crippen LogP contribution in [0.25, 0.3) is 0 Å². The van der Waals surface area contributed by atoms with E-state index in [1.807, 2.05) is 0 Å². The lowest BCUT2D eigenvalue weighted by molar-refractivity contribution is -0.384. The Kier molecular flexibility index (Phi) is 5.71. The van der Waals surface area contributed by atoms with Crippen molar-refractivity contribution >= 4 is 23.7 Å². The summed E-state index contributed by atoms with van der Waals surface area (Å²) in [6, 6.07) is 5.81. The molecule has 12 heteroatoms. The fraction of sp³-hybridized carbons (Fsp3) is 0.421. The van der Waals surface area contributed by atoms with Gasteiger partial charge in [-0.25, -0.2) is 4.79 Å². The first kappa shape index (κ1) is 20.6. The van der Waals surface area contributed by atoms with E-state index in [0.717, 1.165) is 0 Å². The van der Waals surface area contributed by atoms with Crippen LogP contribution in [0.2, 0.25) is 0 Å².